The van der Waals surface area contributed by atoms with Crippen LogP contribution in [0.3, 0.4) is 0 Å². The van der Waals surface area contributed by atoms with Crippen molar-refractivity contribution in [3.63, 3.8) is 0 Å². The second-order valence-electron chi connectivity index (χ2n) is 4.93. The van der Waals surface area contributed by atoms with Crippen LogP contribution in [0.4, 0.5) is 5.82 Å². The lowest BCUT2D eigenvalue weighted by molar-refractivity contribution is -0.142. The first-order valence-corrected chi connectivity index (χ1v) is 7.70. The van der Waals surface area contributed by atoms with Crippen LogP contribution >= 0.6 is 23.2 Å². The third kappa shape index (κ3) is 4.59. The molecule has 1 amide bonds. The zero-order valence-electron chi connectivity index (χ0n) is 13.0. The van der Waals surface area contributed by atoms with Crippen LogP contribution in [0, 0.1) is 6.92 Å². The molecule has 2 heterocycles. The second-order valence-corrected chi connectivity index (χ2v) is 5.71. The molecule has 8 heteroatoms. The molecule has 0 atom stereocenters. The summed E-state index contributed by atoms with van der Waals surface area (Å²) in [6.45, 7) is 1.26. The van der Waals surface area contributed by atoms with E-state index in [1.165, 1.54) is 12.3 Å². The molecule has 0 fully saturated rings. The molecule has 0 spiro atoms. The zero-order chi connectivity index (χ0) is 17.7. The third-order valence-electron chi connectivity index (χ3n) is 3.18. The molecule has 0 saturated carbocycles. The fourth-order valence-corrected chi connectivity index (χ4v) is 2.19. The van der Waals surface area contributed by atoms with Crippen LogP contribution < -0.4 is 5.32 Å². The summed E-state index contributed by atoms with van der Waals surface area (Å²) in [7, 11) is 1.85. The molecule has 0 aliphatic carbocycles. The molecule has 24 heavy (non-hydrogen) atoms. The molecular weight excluding hydrogens is 353 g/mol. The minimum atomic E-state index is -0.627. The van der Waals surface area contributed by atoms with Gasteiger partial charge in [0.2, 0.25) is 0 Å². The van der Waals surface area contributed by atoms with Crippen molar-refractivity contribution in [2.24, 2.45) is 7.05 Å². The highest BCUT2D eigenvalue weighted by Gasteiger charge is 2.12. The molecule has 6 nitrogen and oxygen atoms in total. The number of carbonyl (C=O) groups is 2. The molecule has 0 bridgehead atoms. The van der Waals surface area contributed by atoms with E-state index in [-0.39, 0.29) is 10.8 Å². The number of anilines is 1. The number of amides is 1. The molecule has 2 aromatic heterocycles. The van der Waals surface area contributed by atoms with Crippen molar-refractivity contribution in [1.82, 2.24) is 9.55 Å². The summed E-state index contributed by atoms with van der Waals surface area (Å²) in [6.07, 6.45) is 6.08. The highest BCUT2D eigenvalue weighted by Crippen LogP contribution is 2.28. The van der Waals surface area contributed by atoms with Crippen LogP contribution in [0.1, 0.15) is 11.3 Å². The Kier molecular flexibility index (Phi) is 6.00. The maximum Gasteiger partial charge on any atom is 0.331 e. The van der Waals surface area contributed by atoms with Crippen LogP contribution in [-0.4, -0.2) is 28.0 Å². The van der Waals surface area contributed by atoms with Gasteiger partial charge in [-0.1, -0.05) is 23.2 Å². The number of hydrogen-bond acceptors (Lipinski definition) is 4. The lowest BCUT2D eigenvalue weighted by atomic mass is 10.3. The van der Waals surface area contributed by atoms with Crippen molar-refractivity contribution in [2.75, 3.05) is 11.9 Å². The maximum atomic E-state index is 11.8. The number of pyridine rings is 1. The van der Waals surface area contributed by atoms with E-state index >= 15 is 0 Å². The van der Waals surface area contributed by atoms with Gasteiger partial charge in [-0.25, -0.2) is 9.78 Å². The lowest BCUT2D eigenvalue weighted by Gasteiger charge is -2.09. The molecule has 126 valence electrons. The highest BCUT2D eigenvalue weighted by atomic mass is 35.5. The molecule has 0 radical (unpaired) electrons. The molecular formula is C16H15Cl2N3O3. The van der Waals surface area contributed by atoms with Crippen molar-refractivity contribution < 1.29 is 14.3 Å². The van der Waals surface area contributed by atoms with Crippen molar-refractivity contribution in [3.05, 3.63) is 51.9 Å². The largest absolute Gasteiger partial charge is 0.452 e. The summed E-state index contributed by atoms with van der Waals surface area (Å²) in [5.41, 5.74) is 1.44. The molecule has 2 aromatic rings. The van der Waals surface area contributed by atoms with Crippen LogP contribution in [-0.2, 0) is 21.4 Å². The highest BCUT2D eigenvalue weighted by molar-refractivity contribution is 6.37. The molecule has 0 aliphatic rings. The number of rotatable bonds is 5. The van der Waals surface area contributed by atoms with Crippen LogP contribution in [0.2, 0.25) is 10.0 Å². The number of aromatic nitrogens is 2. The van der Waals surface area contributed by atoms with Crippen molar-refractivity contribution >= 4 is 47.0 Å². The predicted molar refractivity (Wildman–Crippen MR) is 93.0 cm³/mol. The third-order valence-corrected chi connectivity index (χ3v) is 4.02. The molecule has 0 aliphatic heterocycles. The zero-order valence-corrected chi connectivity index (χ0v) is 14.6. The molecule has 2 rings (SSSR count). The van der Waals surface area contributed by atoms with Crippen molar-refractivity contribution in [2.45, 2.75) is 6.92 Å². The van der Waals surface area contributed by atoms with Crippen LogP contribution in [0.5, 0.6) is 0 Å². The second kappa shape index (κ2) is 7.99. The van der Waals surface area contributed by atoms with Crippen molar-refractivity contribution in [1.29, 1.82) is 0 Å². The van der Waals surface area contributed by atoms with Crippen molar-refractivity contribution in [3.8, 4) is 0 Å². The monoisotopic (exact) mass is 367 g/mol. The van der Waals surface area contributed by atoms with Gasteiger partial charge >= 0.3 is 5.97 Å². The number of ether oxygens (including phenoxy) is 1. The molecule has 0 aromatic carbocycles. The fraction of sp³-hybridized carbons (Fsp3) is 0.188. The summed E-state index contributed by atoms with van der Waals surface area (Å²) in [6, 6.07) is 3.69. The van der Waals surface area contributed by atoms with E-state index in [9.17, 15) is 9.59 Å². The SMILES string of the molecule is Cc1c(Cl)cnc(NC(=O)COC(=O)C=Cc2cccn2C)c1Cl. The summed E-state index contributed by atoms with van der Waals surface area (Å²) in [5.74, 6) is -1.01. The number of carbonyl (C=O) groups excluding carboxylic acids is 2. The number of halogens is 2. The first kappa shape index (κ1) is 18.0. The number of hydrogen-bond donors (Lipinski definition) is 1. The van der Waals surface area contributed by atoms with E-state index in [0.717, 1.165) is 5.69 Å². The predicted octanol–water partition coefficient (Wildman–Crippen LogP) is 3.23. The minimum Gasteiger partial charge on any atom is -0.452 e. The van der Waals surface area contributed by atoms with Gasteiger partial charge in [0.1, 0.15) is 0 Å². The van der Waals surface area contributed by atoms with Gasteiger partial charge in [-0.3, -0.25) is 4.79 Å². The Labute approximate surface area is 149 Å². The fourth-order valence-electron chi connectivity index (χ4n) is 1.80. The number of nitrogens with zero attached hydrogens (tertiary/aromatic N) is 2. The Morgan fingerprint density at radius 2 is 2.17 bits per heavy atom. The Bertz CT molecular complexity index is 800. The average molecular weight is 368 g/mol. The van der Waals surface area contributed by atoms with Crippen LogP contribution in [0.25, 0.3) is 6.08 Å². The van der Waals surface area contributed by atoms with Crippen LogP contribution in [0.15, 0.2) is 30.6 Å². The van der Waals surface area contributed by atoms with Gasteiger partial charge in [-0.05, 0) is 30.7 Å². The smallest absolute Gasteiger partial charge is 0.331 e. The summed E-state index contributed by atoms with van der Waals surface area (Å²) in [5, 5.41) is 3.11. The van der Waals surface area contributed by atoms with Gasteiger partial charge < -0.3 is 14.6 Å². The number of aryl methyl sites for hydroxylation is 1. The standard InChI is InChI=1S/C16H15Cl2N3O3/c1-10-12(17)8-19-16(15(10)18)20-13(22)9-24-14(23)6-5-11-4-3-7-21(11)2/h3-8H,9H2,1-2H3,(H,19,20,22). The Hall–Kier alpha value is -2.31. The van der Waals surface area contributed by atoms with E-state index in [1.807, 2.05) is 29.9 Å². The number of nitrogens with one attached hydrogen (secondary N) is 1. The van der Waals surface area contributed by atoms with Gasteiger partial charge in [0.05, 0.1) is 10.0 Å². The van der Waals surface area contributed by atoms with Gasteiger partial charge in [0.25, 0.3) is 5.91 Å². The topological polar surface area (TPSA) is 73.2 Å². The number of esters is 1. The normalized spacial score (nSPS) is 10.8. The van der Waals surface area contributed by atoms with E-state index in [2.05, 4.69) is 10.3 Å². The maximum absolute atomic E-state index is 11.8. The van der Waals surface area contributed by atoms with E-state index in [4.69, 9.17) is 27.9 Å². The van der Waals surface area contributed by atoms with Gasteiger partial charge in [0, 0.05) is 31.2 Å². The Morgan fingerprint density at radius 1 is 1.42 bits per heavy atom. The average Bonchev–Trinajstić information content (AvgIpc) is 2.96. The first-order valence-electron chi connectivity index (χ1n) is 6.95. The Balaban J connectivity index is 1.87. The molecule has 1 N–H and O–H groups in total. The van der Waals surface area contributed by atoms with Gasteiger partial charge in [0.15, 0.2) is 12.4 Å². The summed E-state index contributed by atoms with van der Waals surface area (Å²) >= 11 is 11.9. The quantitative estimate of drug-likeness (QED) is 0.650. The van der Waals surface area contributed by atoms with E-state index < -0.39 is 18.5 Å². The minimum absolute atomic E-state index is 0.166. The summed E-state index contributed by atoms with van der Waals surface area (Å²) in [4.78, 5) is 27.4. The lowest BCUT2D eigenvalue weighted by Crippen LogP contribution is -2.21. The summed E-state index contributed by atoms with van der Waals surface area (Å²) < 4.78 is 6.70. The van der Waals surface area contributed by atoms with Gasteiger partial charge in [-0.2, -0.15) is 0 Å². The Morgan fingerprint density at radius 3 is 2.83 bits per heavy atom. The van der Waals surface area contributed by atoms with E-state index in [0.29, 0.717) is 10.6 Å². The molecule has 0 saturated heterocycles. The van der Waals surface area contributed by atoms with E-state index in [1.54, 1.807) is 13.0 Å². The molecule has 0 unspecified atom stereocenters. The van der Waals surface area contributed by atoms with Gasteiger partial charge in [-0.15, -0.1) is 0 Å². The first-order chi connectivity index (χ1) is 11.4.